The number of nitrogens with zero attached hydrogens (tertiary/aromatic N) is 2. The number of rotatable bonds is 4. The summed E-state index contributed by atoms with van der Waals surface area (Å²) < 4.78 is 26.1. The van der Waals surface area contributed by atoms with Crippen molar-refractivity contribution >= 4 is 34.7 Å². The van der Waals surface area contributed by atoms with Gasteiger partial charge in [0.2, 0.25) is 0 Å². The molecule has 1 heterocycles. The monoisotopic (exact) mass is 374 g/mol. The Balaban J connectivity index is 1.70. The Bertz CT molecular complexity index is 964. The molecule has 0 aliphatic carbocycles. The molecule has 1 amide bonds. The van der Waals surface area contributed by atoms with Gasteiger partial charge in [-0.25, -0.2) is 18.7 Å². The van der Waals surface area contributed by atoms with E-state index in [4.69, 9.17) is 11.6 Å². The van der Waals surface area contributed by atoms with Gasteiger partial charge in [-0.15, -0.1) is 0 Å². The van der Waals surface area contributed by atoms with Crippen molar-refractivity contribution in [3.8, 4) is 0 Å². The molecule has 0 spiro atoms. The quantitative estimate of drug-likeness (QED) is 0.694. The van der Waals surface area contributed by atoms with E-state index in [9.17, 15) is 13.6 Å². The van der Waals surface area contributed by atoms with E-state index in [1.807, 2.05) is 13.0 Å². The van der Waals surface area contributed by atoms with Crippen molar-refractivity contribution in [2.45, 2.75) is 6.92 Å². The van der Waals surface area contributed by atoms with Crippen LogP contribution in [0.15, 0.2) is 48.8 Å². The lowest BCUT2D eigenvalue weighted by Crippen LogP contribution is -2.14. The summed E-state index contributed by atoms with van der Waals surface area (Å²) in [6.45, 7) is 1.89. The largest absolute Gasteiger partial charge is 0.339 e. The maximum atomic E-state index is 13.2. The Morgan fingerprint density at radius 2 is 1.85 bits per heavy atom. The molecular weight excluding hydrogens is 362 g/mol. The number of nitrogens with one attached hydrogen (secondary N) is 2. The van der Waals surface area contributed by atoms with Crippen molar-refractivity contribution in [3.05, 3.63) is 76.7 Å². The molecule has 132 valence electrons. The summed E-state index contributed by atoms with van der Waals surface area (Å²) >= 11 is 5.92. The van der Waals surface area contributed by atoms with E-state index in [0.717, 1.165) is 23.4 Å². The van der Waals surface area contributed by atoms with E-state index in [1.54, 1.807) is 12.1 Å². The first-order valence-corrected chi connectivity index (χ1v) is 7.92. The van der Waals surface area contributed by atoms with Crippen LogP contribution in [-0.4, -0.2) is 15.9 Å². The van der Waals surface area contributed by atoms with E-state index in [-0.39, 0.29) is 11.4 Å². The van der Waals surface area contributed by atoms with Crippen LogP contribution in [0.5, 0.6) is 0 Å². The number of benzene rings is 2. The fraction of sp³-hybridized carbons (Fsp3) is 0.0556. The first-order valence-electron chi connectivity index (χ1n) is 7.54. The number of carbonyl (C=O) groups excluding carboxylic acids is 1. The van der Waals surface area contributed by atoms with Gasteiger partial charge in [0, 0.05) is 22.5 Å². The predicted octanol–water partition coefficient (Wildman–Crippen LogP) is 4.71. The highest BCUT2D eigenvalue weighted by Gasteiger charge is 2.11. The van der Waals surface area contributed by atoms with Gasteiger partial charge >= 0.3 is 0 Å². The van der Waals surface area contributed by atoms with E-state index in [2.05, 4.69) is 20.6 Å². The topological polar surface area (TPSA) is 66.9 Å². The molecule has 0 bridgehead atoms. The Morgan fingerprint density at radius 3 is 2.50 bits per heavy atom. The number of carbonyl (C=O) groups is 1. The maximum Gasteiger partial charge on any atom is 0.275 e. The second-order valence-corrected chi connectivity index (χ2v) is 5.89. The van der Waals surface area contributed by atoms with Crippen molar-refractivity contribution in [2.24, 2.45) is 0 Å². The number of anilines is 3. The standard InChI is InChI=1S/C18H13ClF2N4O/c1-10-6-11(19)2-5-15(10)25-17-9-22-16(8-23-17)18(26)24-12-3-4-13(20)14(21)7-12/h2-9H,1H3,(H,23,25)(H,24,26). The van der Waals surface area contributed by atoms with Crippen LogP contribution in [0, 0.1) is 18.6 Å². The Labute approximate surface area is 153 Å². The van der Waals surface area contributed by atoms with E-state index < -0.39 is 17.5 Å². The Kier molecular flexibility index (Phi) is 5.09. The Morgan fingerprint density at radius 1 is 1.04 bits per heavy atom. The minimum Gasteiger partial charge on any atom is -0.339 e. The van der Waals surface area contributed by atoms with E-state index >= 15 is 0 Å². The van der Waals surface area contributed by atoms with Crippen LogP contribution in [0.25, 0.3) is 0 Å². The minimum atomic E-state index is -1.05. The van der Waals surface area contributed by atoms with Crippen LogP contribution in [0.4, 0.5) is 26.0 Å². The van der Waals surface area contributed by atoms with Crippen molar-refractivity contribution in [2.75, 3.05) is 10.6 Å². The van der Waals surface area contributed by atoms with Gasteiger partial charge in [0.25, 0.3) is 5.91 Å². The average Bonchev–Trinajstić information content (AvgIpc) is 2.61. The lowest BCUT2D eigenvalue weighted by molar-refractivity contribution is 0.102. The molecule has 3 rings (SSSR count). The molecule has 2 aromatic carbocycles. The second-order valence-electron chi connectivity index (χ2n) is 5.45. The van der Waals surface area contributed by atoms with Gasteiger partial charge in [-0.3, -0.25) is 4.79 Å². The molecule has 0 saturated carbocycles. The smallest absolute Gasteiger partial charge is 0.275 e. The molecule has 0 aliphatic rings. The Hall–Kier alpha value is -3.06. The van der Waals surface area contributed by atoms with Gasteiger partial charge in [-0.2, -0.15) is 0 Å². The van der Waals surface area contributed by atoms with Gasteiger partial charge in [0.05, 0.1) is 12.4 Å². The summed E-state index contributed by atoms with van der Waals surface area (Å²) in [5.74, 6) is -2.18. The minimum absolute atomic E-state index is 0.0353. The molecular formula is C18H13ClF2N4O. The summed E-state index contributed by atoms with van der Waals surface area (Å²) in [5, 5.41) is 6.13. The molecule has 3 aromatic rings. The second kappa shape index (κ2) is 7.45. The first-order chi connectivity index (χ1) is 12.4. The highest BCUT2D eigenvalue weighted by atomic mass is 35.5. The molecule has 2 N–H and O–H groups in total. The van der Waals surface area contributed by atoms with Crippen LogP contribution in [-0.2, 0) is 0 Å². The summed E-state index contributed by atoms with van der Waals surface area (Å²) in [4.78, 5) is 20.3. The van der Waals surface area contributed by atoms with Crippen LogP contribution >= 0.6 is 11.6 Å². The van der Waals surface area contributed by atoms with Crippen LogP contribution in [0.1, 0.15) is 16.1 Å². The summed E-state index contributed by atoms with van der Waals surface area (Å²) in [7, 11) is 0. The normalized spacial score (nSPS) is 10.5. The fourth-order valence-electron chi connectivity index (χ4n) is 2.18. The molecule has 8 heteroatoms. The SMILES string of the molecule is Cc1cc(Cl)ccc1Nc1cnc(C(=O)Nc2ccc(F)c(F)c2)cn1. The molecule has 0 fully saturated rings. The molecule has 5 nitrogen and oxygen atoms in total. The number of aryl methyl sites for hydroxylation is 1. The van der Waals surface area contributed by atoms with Gasteiger partial charge < -0.3 is 10.6 Å². The van der Waals surface area contributed by atoms with Crippen LogP contribution in [0.2, 0.25) is 5.02 Å². The van der Waals surface area contributed by atoms with E-state index in [0.29, 0.717) is 10.8 Å². The van der Waals surface area contributed by atoms with Crippen molar-refractivity contribution in [3.63, 3.8) is 0 Å². The number of amides is 1. The van der Waals surface area contributed by atoms with Crippen LogP contribution in [0.3, 0.4) is 0 Å². The van der Waals surface area contributed by atoms with Gasteiger partial charge in [0.15, 0.2) is 11.6 Å². The first kappa shape index (κ1) is 17.8. The maximum absolute atomic E-state index is 13.2. The number of halogens is 3. The molecule has 0 saturated heterocycles. The lowest BCUT2D eigenvalue weighted by atomic mass is 10.2. The molecule has 0 unspecified atom stereocenters. The fourth-order valence-corrected chi connectivity index (χ4v) is 2.41. The number of aromatic nitrogens is 2. The van der Waals surface area contributed by atoms with Crippen molar-refractivity contribution in [1.29, 1.82) is 0 Å². The molecule has 1 aromatic heterocycles. The summed E-state index contributed by atoms with van der Waals surface area (Å²) in [5.41, 5.74) is 1.89. The zero-order valence-electron chi connectivity index (χ0n) is 13.6. The highest BCUT2D eigenvalue weighted by molar-refractivity contribution is 6.30. The number of hydrogen-bond acceptors (Lipinski definition) is 4. The van der Waals surface area contributed by atoms with Crippen LogP contribution < -0.4 is 10.6 Å². The predicted molar refractivity (Wildman–Crippen MR) is 95.8 cm³/mol. The van der Waals surface area contributed by atoms with Gasteiger partial charge in [-0.1, -0.05) is 11.6 Å². The summed E-state index contributed by atoms with van der Waals surface area (Å²) in [6, 6.07) is 8.43. The van der Waals surface area contributed by atoms with Gasteiger partial charge in [-0.05, 0) is 42.8 Å². The third kappa shape index (κ3) is 4.12. The van der Waals surface area contributed by atoms with E-state index in [1.165, 1.54) is 18.5 Å². The number of hydrogen-bond donors (Lipinski definition) is 2. The van der Waals surface area contributed by atoms with Crippen molar-refractivity contribution < 1.29 is 13.6 Å². The molecule has 0 aliphatic heterocycles. The third-order valence-electron chi connectivity index (χ3n) is 3.51. The van der Waals surface area contributed by atoms with Crippen molar-refractivity contribution in [1.82, 2.24) is 9.97 Å². The average molecular weight is 375 g/mol. The third-order valence-corrected chi connectivity index (χ3v) is 3.75. The lowest BCUT2D eigenvalue weighted by Gasteiger charge is -2.09. The van der Waals surface area contributed by atoms with Gasteiger partial charge in [0.1, 0.15) is 11.5 Å². The zero-order valence-corrected chi connectivity index (χ0v) is 14.3. The summed E-state index contributed by atoms with van der Waals surface area (Å²) in [6.07, 6.45) is 2.68. The molecule has 0 radical (unpaired) electrons. The zero-order chi connectivity index (χ0) is 18.7. The molecule has 0 atom stereocenters. The molecule has 26 heavy (non-hydrogen) atoms. The highest BCUT2D eigenvalue weighted by Crippen LogP contribution is 2.22.